The summed E-state index contributed by atoms with van der Waals surface area (Å²) >= 11 is 0. The summed E-state index contributed by atoms with van der Waals surface area (Å²) in [7, 11) is 0.387. The van der Waals surface area contributed by atoms with E-state index >= 15 is 0 Å². The smallest absolute Gasteiger partial charge is 0.135 e. The maximum absolute atomic E-state index is 12.8. The van der Waals surface area contributed by atoms with E-state index in [1.165, 1.54) is 5.56 Å². The first kappa shape index (κ1) is 13.8. The molecule has 0 aliphatic carbocycles. The third-order valence-corrected chi connectivity index (χ3v) is 4.81. The highest BCUT2D eigenvalue weighted by atomic mass is 32.2. The molecular formula is C16H18O2S. The van der Waals surface area contributed by atoms with Crippen LogP contribution in [0.4, 0.5) is 0 Å². The fraction of sp³-hybridized carbons (Fsp3) is 0.250. The lowest BCUT2D eigenvalue weighted by atomic mass is 10.1. The van der Waals surface area contributed by atoms with Crippen LogP contribution in [0.5, 0.6) is 5.75 Å². The third kappa shape index (κ3) is 2.71. The average Bonchev–Trinajstić information content (AvgIpc) is 2.37. The molecule has 19 heavy (non-hydrogen) atoms. The zero-order valence-corrected chi connectivity index (χ0v) is 12.5. The van der Waals surface area contributed by atoms with Crippen LogP contribution in [0.25, 0.3) is 0 Å². The Morgan fingerprint density at radius 1 is 1.00 bits per heavy atom. The number of aryl methyl sites for hydroxylation is 3. The maximum Gasteiger partial charge on any atom is 0.135 e. The van der Waals surface area contributed by atoms with E-state index in [2.05, 4.69) is 19.1 Å². The van der Waals surface area contributed by atoms with Gasteiger partial charge < -0.3 is 4.74 Å². The SMILES string of the molecule is COc1ccccc1[S@@](=O)c1c(C)cc(C)cc1C. The Kier molecular flexibility index (Phi) is 4.05. The molecule has 0 bridgehead atoms. The van der Waals surface area contributed by atoms with Gasteiger partial charge in [-0.25, -0.2) is 4.21 Å². The summed E-state index contributed by atoms with van der Waals surface area (Å²) in [5.41, 5.74) is 3.30. The number of rotatable bonds is 3. The molecule has 100 valence electrons. The van der Waals surface area contributed by atoms with Gasteiger partial charge in [0.15, 0.2) is 0 Å². The molecule has 0 aliphatic heterocycles. The van der Waals surface area contributed by atoms with E-state index in [-0.39, 0.29) is 0 Å². The second kappa shape index (κ2) is 5.57. The van der Waals surface area contributed by atoms with Crippen LogP contribution >= 0.6 is 0 Å². The minimum Gasteiger partial charge on any atom is -0.495 e. The van der Waals surface area contributed by atoms with Crippen molar-refractivity contribution in [2.75, 3.05) is 7.11 Å². The third-order valence-electron chi connectivity index (χ3n) is 3.06. The van der Waals surface area contributed by atoms with E-state index in [0.29, 0.717) is 5.75 Å². The molecule has 0 fully saturated rings. The second-order valence-corrected chi connectivity index (χ2v) is 6.03. The molecule has 1 atom stereocenters. The lowest BCUT2D eigenvalue weighted by molar-refractivity contribution is 0.404. The van der Waals surface area contributed by atoms with E-state index in [0.717, 1.165) is 20.9 Å². The molecule has 0 radical (unpaired) electrons. The monoisotopic (exact) mass is 274 g/mol. The fourth-order valence-electron chi connectivity index (χ4n) is 2.34. The topological polar surface area (TPSA) is 26.3 Å². The predicted octanol–water partition coefficient (Wildman–Crippen LogP) is 3.79. The molecule has 0 heterocycles. The van der Waals surface area contributed by atoms with Crippen molar-refractivity contribution in [2.45, 2.75) is 30.6 Å². The average molecular weight is 274 g/mol. The Balaban J connectivity index is 2.57. The lowest BCUT2D eigenvalue weighted by Crippen LogP contribution is -2.01. The summed E-state index contributed by atoms with van der Waals surface area (Å²) in [4.78, 5) is 1.61. The van der Waals surface area contributed by atoms with Crippen molar-refractivity contribution in [2.24, 2.45) is 0 Å². The molecular weight excluding hydrogens is 256 g/mol. The van der Waals surface area contributed by atoms with Gasteiger partial charge in [0.05, 0.1) is 22.8 Å². The molecule has 2 aromatic rings. The Morgan fingerprint density at radius 3 is 2.16 bits per heavy atom. The minimum atomic E-state index is -1.21. The number of methoxy groups -OCH3 is 1. The molecule has 2 rings (SSSR count). The number of benzene rings is 2. The molecule has 0 saturated heterocycles. The van der Waals surface area contributed by atoms with E-state index in [9.17, 15) is 4.21 Å². The fourth-order valence-corrected chi connectivity index (χ4v) is 3.80. The van der Waals surface area contributed by atoms with Crippen LogP contribution in [0, 0.1) is 20.8 Å². The molecule has 0 N–H and O–H groups in total. The Bertz CT molecular complexity index is 609. The highest BCUT2D eigenvalue weighted by Crippen LogP contribution is 2.29. The largest absolute Gasteiger partial charge is 0.495 e. The first-order valence-electron chi connectivity index (χ1n) is 6.17. The van der Waals surface area contributed by atoms with E-state index in [4.69, 9.17) is 4.74 Å². The van der Waals surface area contributed by atoms with Crippen LogP contribution in [0.15, 0.2) is 46.2 Å². The van der Waals surface area contributed by atoms with Gasteiger partial charge in [0.1, 0.15) is 5.75 Å². The van der Waals surface area contributed by atoms with Gasteiger partial charge in [0.25, 0.3) is 0 Å². The Hall–Kier alpha value is -1.61. The van der Waals surface area contributed by atoms with Gasteiger partial charge in [-0.1, -0.05) is 29.8 Å². The summed E-state index contributed by atoms with van der Waals surface area (Å²) < 4.78 is 18.1. The lowest BCUT2D eigenvalue weighted by Gasteiger charge is -2.13. The highest BCUT2D eigenvalue weighted by Gasteiger charge is 2.16. The van der Waals surface area contributed by atoms with Crippen molar-refractivity contribution in [3.63, 3.8) is 0 Å². The summed E-state index contributed by atoms with van der Waals surface area (Å²) in [6, 6.07) is 11.6. The van der Waals surface area contributed by atoms with Crippen molar-refractivity contribution >= 4 is 10.8 Å². The Morgan fingerprint density at radius 2 is 1.58 bits per heavy atom. The number of para-hydroxylation sites is 1. The zero-order valence-electron chi connectivity index (χ0n) is 11.7. The van der Waals surface area contributed by atoms with Crippen molar-refractivity contribution in [1.29, 1.82) is 0 Å². The summed E-state index contributed by atoms with van der Waals surface area (Å²) in [5, 5.41) is 0. The van der Waals surface area contributed by atoms with Crippen LogP contribution in [0.3, 0.4) is 0 Å². The van der Waals surface area contributed by atoms with Crippen LogP contribution in [0.1, 0.15) is 16.7 Å². The molecule has 0 aliphatic rings. The maximum atomic E-state index is 12.8. The van der Waals surface area contributed by atoms with Gasteiger partial charge in [-0.2, -0.15) is 0 Å². The summed E-state index contributed by atoms with van der Waals surface area (Å²) in [5.74, 6) is 0.667. The van der Waals surface area contributed by atoms with E-state index < -0.39 is 10.8 Å². The molecule has 2 aromatic carbocycles. The van der Waals surface area contributed by atoms with Crippen LogP contribution in [-0.2, 0) is 10.8 Å². The van der Waals surface area contributed by atoms with E-state index in [1.807, 2.05) is 38.1 Å². The van der Waals surface area contributed by atoms with Gasteiger partial charge in [-0.15, -0.1) is 0 Å². The second-order valence-electron chi connectivity index (χ2n) is 4.65. The van der Waals surface area contributed by atoms with Crippen LogP contribution in [0.2, 0.25) is 0 Å². The number of ether oxygens (including phenoxy) is 1. The first-order chi connectivity index (χ1) is 9.04. The molecule has 0 aromatic heterocycles. The normalized spacial score (nSPS) is 12.2. The van der Waals surface area contributed by atoms with Crippen molar-refractivity contribution < 1.29 is 8.95 Å². The summed E-state index contributed by atoms with van der Waals surface area (Å²) in [6.07, 6.45) is 0. The summed E-state index contributed by atoms with van der Waals surface area (Å²) in [6.45, 7) is 6.06. The molecule has 3 heteroatoms. The van der Waals surface area contributed by atoms with Crippen molar-refractivity contribution in [3.8, 4) is 5.75 Å². The van der Waals surface area contributed by atoms with Crippen molar-refractivity contribution in [3.05, 3.63) is 53.1 Å². The molecule has 0 unspecified atom stereocenters. The van der Waals surface area contributed by atoms with E-state index in [1.54, 1.807) is 7.11 Å². The van der Waals surface area contributed by atoms with Crippen LogP contribution < -0.4 is 4.74 Å². The van der Waals surface area contributed by atoms with Gasteiger partial charge in [0.2, 0.25) is 0 Å². The molecule has 2 nitrogen and oxygen atoms in total. The zero-order chi connectivity index (χ0) is 14.0. The van der Waals surface area contributed by atoms with Gasteiger partial charge in [0, 0.05) is 4.90 Å². The highest BCUT2D eigenvalue weighted by molar-refractivity contribution is 7.85. The molecule has 0 saturated carbocycles. The molecule has 0 amide bonds. The quantitative estimate of drug-likeness (QED) is 0.851. The van der Waals surface area contributed by atoms with Gasteiger partial charge in [-0.3, -0.25) is 0 Å². The molecule has 0 spiro atoms. The van der Waals surface area contributed by atoms with Gasteiger partial charge >= 0.3 is 0 Å². The van der Waals surface area contributed by atoms with Crippen LogP contribution in [-0.4, -0.2) is 11.3 Å². The number of hydrogen-bond acceptors (Lipinski definition) is 2. The first-order valence-corrected chi connectivity index (χ1v) is 7.32. The number of hydrogen-bond donors (Lipinski definition) is 0. The predicted molar refractivity (Wildman–Crippen MR) is 78.3 cm³/mol. The standard InChI is InChI=1S/C16H18O2S/c1-11-9-12(2)16(13(3)10-11)19(17)15-8-6-5-7-14(15)18-4/h5-10H,1-4H3/t19-/m1/s1. The van der Waals surface area contributed by atoms with Crippen molar-refractivity contribution in [1.82, 2.24) is 0 Å². The Labute approximate surface area is 116 Å². The van der Waals surface area contributed by atoms with Gasteiger partial charge in [-0.05, 0) is 44.0 Å². The minimum absolute atomic E-state index is 0.667.